The van der Waals surface area contributed by atoms with Crippen molar-refractivity contribution < 1.29 is 13.6 Å². The summed E-state index contributed by atoms with van der Waals surface area (Å²) in [5.74, 6) is 0. The standard InChI is InChI=1S/C21H23N2O5P/c1-4-27-29(26,28-5-2)19-18(16-13-11-15(3)12-14-16)22-21(25)23(20(19)24)17-9-7-6-8-10-17/h6-14H,4-5H2,1-3H3,(H,22,25). The fourth-order valence-electron chi connectivity index (χ4n) is 3.03. The van der Waals surface area contributed by atoms with Crippen molar-refractivity contribution in [2.45, 2.75) is 20.8 Å². The lowest BCUT2D eigenvalue weighted by atomic mass is 10.1. The number of para-hydroxylation sites is 1. The van der Waals surface area contributed by atoms with Crippen LogP contribution in [-0.4, -0.2) is 22.8 Å². The largest absolute Gasteiger partial charge is 0.369 e. The van der Waals surface area contributed by atoms with Crippen molar-refractivity contribution >= 4 is 12.9 Å². The fraction of sp³-hybridized carbons (Fsp3) is 0.238. The van der Waals surface area contributed by atoms with E-state index in [4.69, 9.17) is 9.05 Å². The van der Waals surface area contributed by atoms with Gasteiger partial charge in [-0.1, -0.05) is 48.0 Å². The predicted octanol–water partition coefficient (Wildman–Crippen LogP) is 3.39. The van der Waals surface area contributed by atoms with Crippen molar-refractivity contribution in [3.05, 3.63) is 81.0 Å². The van der Waals surface area contributed by atoms with Gasteiger partial charge in [-0.25, -0.2) is 9.36 Å². The highest BCUT2D eigenvalue weighted by Crippen LogP contribution is 2.47. The van der Waals surface area contributed by atoms with Gasteiger partial charge >= 0.3 is 13.3 Å². The number of aromatic amines is 1. The third kappa shape index (κ3) is 4.17. The number of hydrogen-bond acceptors (Lipinski definition) is 5. The molecular formula is C21H23N2O5P. The van der Waals surface area contributed by atoms with Crippen LogP contribution >= 0.6 is 7.60 Å². The molecule has 0 saturated carbocycles. The molecule has 1 N–H and O–H groups in total. The van der Waals surface area contributed by atoms with E-state index in [1.165, 1.54) is 0 Å². The van der Waals surface area contributed by atoms with Gasteiger partial charge in [0.05, 0.1) is 24.6 Å². The maximum atomic E-state index is 13.6. The van der Waals surface area contributed by atoms with E-state index in [1.54, 1.807) is 56.3 Å². The molecule has 8 heteroatoms. The smallest absolute Gasteiger partial charge is 0.305 e. The van der Waals surface area contributed by atoms with Crippen LogP contribution in [0.4, 0.5) is 0 Å². The first kappa shape index (κ1) is 21.0. The first-order valence-corrected chi connectivity index (χ1v) is 10.9. The maximum Gasteiger partial charge on any atom is 0.369 e. The highest BCUT2D eigenvalue weighted by molar-refractivity contribution is 7.62. The summed E-state index contributed by atoms with van der Waals surface area (Å²) < 4.78 is 25.5. The number of benzene rings is 2. The van der Waals surface area contributed by atoms with E-state index in [0.29, 0.717) is 11.3 Å². The second-order valence-corrected chi connectivity index (χ2v) is 8.29. The summed E-state index contributed by atoms with van der Waals surface area (Å²) in [4.78, 5) is 29.0. The van der Waals surface area contributed by atoms with E-state index in [2.05, 4.69) is 4.98 Å². The summed E-state index contributed by atoms with van der Waals surface area (Å²) in [5, 5.41) is -0.187. The Morgan fingerprint density at radius 3 is 2.07 bits per heavy atom. The zero-order valence-corrected chi connectivity index (χ0v) is 17.4. The van der Waals surface area contributed by atoms with Crippen LogP contribution in [0.3, 0.4) is 0 Å². The van der Waals surface area contributed by atoms with E-state index < -0.39 is 18.8 Å². The zero-order valence-electron chi connectivity index (χ0n) is 16.5. The van der Waals surface area contributed by atoms with Gasteiger partial charge in [0.15, 0.2) is 5.30 Å². The van der Waals surface area contributed by atoms with Gasteiger partial charge in [-0.3, -0.25) is 9.36 Å². The van der Waals surface area contributed by atoms with Crippen molar-refractivity contribution in [3.63, 3.8) is 0 Å². The van der Waals surface area contributed by atoms with Gasteiger partial charge in [0.1, 0.15) is 0 Å². The predicted molar refractivity (Wildman–Crippen MR) is 113 cm³/mol. The zero-order chi connectivity index (χ0) is 21.0. The molecule has 29 heavy (non-hydrogen) atoms. The Morgan fingerprint density at radius 1 is 0.931 bits per heavy atom. The average molecular weight is 414 g/mol. The number of H-pyrrole nitrogens is 1. The van der Waals surface area contributed by atoms with Crippen LogP contribution in [-0.2, 0) is 13.6 Å². The summed E-state index contributed by atoms with van der Waals surface area (Å²) in [6, 6.07) is 15.6. The SMILES string of the molecule is CCOP(=O)(OCC)c1c(-c2ccc(C)cc2)[nH]c(=O)n(-c2ccccc2)c1=O. The Kier molecular flexibility index (Phi) is 6.33. The molecule has 7 nitrogen and oxygen atoms in total. The van der Waals surface area contributed by atoms with E-state index in [0.717, 1.165) is 10.1 Å². The molecule has 3 aromatic rings. The molecule has 0 atom stereocenters. The minimum Gasteiger partial charge on any atom is -0.305 e. The van der Waals surface area contributed by atoms with Gasteiger partial charge in [0.2, 0.25) is 0 Å². The first-order chi connectivity index (χ1) is 13.9. The van der Waals surface area contributed by atoms with Crippen molar-refractivity contribution in [2.75, 3.05) is 13.2 Å². The molecule has 0 aliphatic carbocycles. The quantitative estimate of drug-likeness (QED) is 0.599. The van der Waals surface area contributed by atoms with Crippen LogP contribution in [0.2, 0.25) is 0 Å². The Labute approximate surface area is 168 Å². The van der Waals surface area contributed by atoms with Gasteiger partial charge in [0, 0.05) is 0 Å². The second-order valence-electron chi connectivity index (χ2n) is 6.33. The first-order valence-electron chi connectivity index (χ1n) is 9.32. The second kappa shape index (κ2) is 8.74. The fourth-order valence-corrected chi connectivity index (χ4v) is 4.83. The molecule has 1 aromatic heterocycles. The van der Waals surface area contributed by atoms with Gasteiger partial charge in [-0.15, -0.1) is 0 Å². The average Bonchev–Trinajstić information content (AvgIpc) is 2.69. The van der Waals surface area contributed by atoms with Crippen molar-refractivity contribution in [2.24, 2.45) is 0 Å². The lowest BCUT2D eigenvalue weighted by Crippen LogP contribution is -2.44. The molecule has 0 unspecified atom stereocenters. The van der Waals surface area contributed by atoms with Crippen LogP contribution < -0.4 is 16.6 Å². The third-order valence-electron chi connectivity index (χ3n) is 4.30. The molecule has 0 bridgehead atoms. The number of aromatic nitrogens is 2. The lowest BCUT2D eigenvalue weighted by molar-refractivity contribution is 0.229. The number of hydrogen-bond donors (Lipinski definition) is 1. The summed E-state index contributed by atoms with van der Waals surface area (Å²) in [5.41, 5.74) is 0.668. The van der Waals surface area contributed by atoms with Crippen LogP contribution in [0, 0.1) is 6.92 Å². The van der Waals surface area contributed by atoms with E-state index >= 15 is 0 Å². The van der Waals surface area contributed by atoms with E-state index in [1.807, 2.05) is 19.1 Å². The van der Waals surface area contributed by atoms with Gasteiger partial charge < -0.3 is 14.0 Å². The molecule has 1 heterocycles. The Morgan fingerprint density at radius 2 is 1.52 bits per heavy atom. The summed E-state index contributed by atoms with van der Waals surface area (Å²) in [7, 11) is -3.99. The minimum absolute atomic E-state index is 0.0779. The molecule has 152 valence electrons. The Bertz CT molecular complexity index is 1140. The molecule has 0 spiro atoms. The van der Waals surface area contributed by atoms with Gasteiger partial charge in [-0.05, 0) is 38.5 Å². The van der Waals surface area contributed by atoms with Crippen molar-refractivity contribution in [1.29, 1.82) is 0 Å². The summed E-state index contributed by atoms with van der Waals surface area (Å²) in [6.45, 7) is 5.41. The van der Waals surface area contributed by atoms with Crippen molar-refractivity contribution in [3.8, 4) is 16.9 Å². The number of aryl methyl sites for hydroxylation is 1. The highest BCUT2D eigenvalue weighted by atomic mass is 31.2. The normalized spacial score (nSPS) is 11.6. The topological polar surface area (TPSA) is 90.4 Å². The van der Waals surface area contributed by atoms with Crippen LogP contribution in [0.5, 0.6) is 0 Å². The van der Waals surface area contributed by atoms with E-state index in [9.17, 15) is 14.2 Å². The third-order valence-corrected chi connectivity index (χ3v) is 6.46. The summed E-state index contributed by atoms with van der Waals surface area (Å²) in [6.07, 6.45) is 0. The molecule has 3 rings (SSSR count). The minimum atomic E-state index is -3.99. The Balaban J connectivity index is 2.40. The summed E-state index contributed by atoms with van der Waals surface area (Å²) >= 11 is 0. The number of rotatable bonds is 7. The highest BCUT2D eigenvalue weighted by Gasteiger charge is 2.36. The molecule has 0 aliphatic heterocycles. The van der Waals surface area contributed by atoms with Gasteiger partial charge in [0.25, 0.3) is 5.56 Å². The molecule has 0 fully saturated rings. The van der Waals surface area contributed by atoms with Crippen molar-refractivity contribution in [1.82, 2.24) is 9.55 Å². The maximum absolute atomic E-state index is 13.6. The lowest BCUT2D eigenvalue weighted by Gasteiger charge is -2.20. The molecule has 2 aromatic carbocycles. The number of nitrogens with one attached hydrogen (secondary N) is 1. The van der Waals surface area contributed by atoms with Crippen LogP contribution in [0.15, 0.2) is 64.2 Å². The number of nitrogens with zero attached hydrogens (tertiary/aromatic N) is 1. The molecule has 0 amide bonds. The monoisotopic (exact) mass is 414 g/mol. The van der Waals surface area contributed by atoms with E-state index in [-0.39, 0.29) is 24.2 Å². The van der Waals surface area contributed by atoms with Gasteiger partial charge in [-0.2, -0.15) is 0 Å². The molecule has 0 aliphatic rings. The molecule has 0 radical (unpaired) electrons. The Hall–Kier alpha value is -2.73. The van der Waals surface area contributed by atoms with Crippen LogP contribution in [0.25, 0.3) is 16.9 Å². The molecule has 0 saturated heterocycles. The van der Waals surface area contributed by atoms with Crippen LogP contribution in [0.1, 0.15) is 19.4 Å². The molecular weight excluding hydrogens is 391 g/mol.